The van der Waals surface area contributed by atoms with E-state index in [4.69, 9.17) is 19.2 Å². The first kappa shape index (κ1) is 46.7. The Morgan fingerprint density at radius 1 is 1.08 bits per heavy atom. The summed E-state index contributed by atoms with van der Waals surface area (Å²) in [6.07, 6.45) is 6.00. The van der Waals surface area contributed by atoms with Crippen molar-refractivity contribution >= 4 is 40.4 Å². The minimum absolute atomic E-state index is 0.0364. The summed E-state index contributed by atoms with van der Waals surface area (Å²) in [4.78, 5) is 63.8. The molecule has 15 nitrogen and oxygen atoms in total. The SMILES string of the molecule is C=CC(=O)Nc1cnc(OC[C@H](C(=O)N[C@H]2Cc3cccc(c3)-c3ccc4c(c3)c(c(-c3cccnc3C(C)OC)n4CC)CC(C)(C)COC(=O)[C@@H]3CCCN(N3)C2=O)C(C)C)n1C. The van der Waals surface area contributed by atoms with E-state index in [1.807, 2.05) is 39.0 Å². The molecular weight excluding hydrogens is 825 g/mol. The number of imidazole rings is 1. The molecule has 5 aromatic rings. The Bertz CT molecular complexity index is 2580. The van der Waals surface area contributed by atoms with E-state index in [-0.39, 0.29) is 49.5 Å². The van der Waals surface area contributed by atoms with Gasteiger partial charge < -0.3 is 29.4 Å². The molecule has 2 aromatic carbocycles. The summed E-state index contributed by atoms with van der Waals surface area (Å²) in [7, 11) is 3.38. The number of hydrogen-bond donors (Lipinski definition) is 3. The third-order valence-corrected chi connectivity index (χ3v) is 12.5. The number of ether oxygens (including phenoxy) is 3. The molecule has 0 radical (unpaired) electrons. The van der Waals surface area contributed by atoms with E-state index < -0.39 is 35.3 Å². The van der Waals surface area contributed by atoms with Crippen molar-refractivity contribution in [3.8, 4) is 28.4 Å². The average molecular weight is 887 g/mol. The van der Waals surface area contributed by atoms with Gasteiger partial charge in [0.05, 0.1) is 36.2 Å². The predicted octanol–water partition coefficient (Wildman–Crippen LogP) is 6.96. The van der Waals surface area contributed by atoms with Crippen LogP contribution < -0.4 is 20.8 Å². The van der Waals surface area contributed by atoms with Crippen molar-refractivity contribution in [1.82, 2.24) is 34.9 Å². The maximum absolute atomic E-state index is 14.6. The van der Waals surface area contributed by atoms with Crippen LogP contribution in [0, 0.1) is 17.3 Å². The van der Waals surface area contributed by atoms with Crippen molar-refractivity contribution in [1.29, 1.82) is 0 Å². The fraction of sp³-hybridized carbons (Fsp3) is 0.440. The molecular formula is C50H62N8O7. The highest BCUT2D eigenvalue weighted by Crippen LogP contribution is 2.42. The molecule has 2 aliphatic heterocycles. The van der Waals surface area contributed by atoms with Gasteiger partial charge in [-0.05, 0) is 91.6 Å². The molecule has 65 heavy (non-hydrogen) atoms. The number of hydrazine groups is 1. The van der Waals surface area contributed by atoms with Crippen molar-refractivity contribution in [3.05, 3.63) is 96.5 Å². The van der Waals surface area contributed by atoms with Crippen LogP contribution in [0.5, 0.6) is 6.01 Å². The Kier molecular flexibility index (Phi) is 14.2. The topological polar surface area (TPSA) is 171 Å². The highest BCUT2D eigenvalue weighted by molar-refractivity contribution is 5.98. The highest BCUT2D eigenvalue weighted by atomic mass is 16.5. The first-order valence-electron chi connectivity index (χ1n) is 22.5. The minimum Gasteiger partial charge on any atom is -0.464 e. The smallest absolute Gasteiger partial charge is 0.324 e. The summed E-state index contributed by atoms with van der Waals surface area (Å²) in [5.74, 6) is -2.02. The number of fused-ring (bicyclic) bond motifs is 6. The van der Waals surface area contributed by atoms with Crippen molar-refractivity contribution in [2.24, 2.45) is 24.3 Å². The zero-order chi connectivity index (χ0) is 46.6. The maximum atomic E-state index is 14.6. The van der Waals surface area contributed by atoms with Gasteiger partial charge in [0.15, 0.2) is 0 Å². The molecule has 15 heteroatoms. The van der Waals surface area contributed by atoms with Crippen LogP contribution in [0.15, 0.2) is 79.6 Å². The Morgan fingerprint density at radius 2 is 1.86 bits per heavy atom. The Morgan fingerprint density at radius 3 is 2.60 bits per heavy atom. The third kappa shape index (κ3) is 10.2. The molecule has 1 fully saturated rings. The second kappa shape index (κ2) is 19.8. The lowest BCUT2D eigenvalue weighted by molar-refractivity contribution is -0.155. The summed E-state index contributed by atoms with van der Waals surface area (Å²) >= 11 is 0. The van der Waals surface area contributed by atoms with Crippen LogP contribution in [0.3, 0.4) is 0 Å². The van der Waals surface area contributed by atoms with E-state index in [0.717, 1.165) is 56.2 Å². The number of carbonyl (C=O) groups is 4. The number of rotatable bonds is 12. The molecule has 6 bridgehead atoms. The van der Waals surface area contributed by atoms with E-state index in [1.54, 1.807) is 24.9 Å². The van der Waals surface area contributed by atoms with E-state index in [1.165, 1.54) is 11.2 Å². The number of benzene rings is 2. The van der Waals surface area contributed by atoms with Crippen LogP contribution in [0.2, 0.25) is 0 Å². The number of carbonyl (C=O) groups excluding carboxylic acids is 4. The lowest BCUT2D eigenvalue weighted by Gasteiger charge is -2.36. The van der Waals surface area contributed by atoms with Gasteiger partial charge in [-0.2, -0.15) is 0 Å². The number of nitrogens with one attached hydrogen (secondary N) is 3. The molecule has 3 aromatic heterocycles. The van der Waals surface area contributed by atoms with Crippen molar-refractivity contribution < 1.29 is 33.4 Å². The fourth-order valence-electron chi connectivity index (χ4n) is 8.82. The molecule has 0 saturated carbocycles. The number of cyclic esters (lactones) is 1. The molecule has 4 atom stereocenters. The summed E-state index contributed by atoms with van der Waals surface area (Å²) in [6.45, 7) is 16.8. The second-order valence-corrected chi connectivity index (χ2v) is 18.2. The first-order valence-corrected chi connectivity index (χ1v) is 22.5. The Balaban J connectivity index is 1.27. The highest BCUT2D eigenvalue weighted by Gasteiger charge is 2.37. The monoisotopic (exact) mass is 886 g/mol. The molecule has 7 rings (SSSR count). The Labute approximate surface area is 380 Å². The van der Waals surface area contributed by atoms with Crippen LogP contribution in [-0.2, 0) is 55.1 Å². The summed E-state index contributed by atoms with van der Waals surface area (Å²) < 4.78 is 21.9. The molecule has 3 amide bonds. The lowest BCUT2D eigenvalue weighted by Crippen LogP contribution is -2.61. The van der Waals surface area contributed by atoms with Crippen molar-refractivity contribution in [2.75, 3.05) is 32.2 Å². The van der Waals surface area contributed by atoms with Gasteiger partial charge in [0.25, 0.3) is 11.9 Å². The average Bonchev–Trinajstić information content (AvgIpc) is 3.81. The number of anilines is 1. The van der Waals surface area contributed by atoms with Gasteiger partial charge in [0.1, 0.15) is 24.5 Å². The third-order valence-electron chi connectivity index (χ3n) is 12.5. The number of aryl methyl sites for hydroxylation is 1. The zero-order valence-electron chi connectivity index (χ0n) is 38.8. The largest absolute Gasteiger partial charge is 0.464 e. The number of amides is 3. The van der Waals surface area contributed by atoms with Gasteiger partial charge in [-0.3, -0.25) is 33.7 Å². The molecule has 2 aliphatic rings. The van der Waals surface area contributed by atoms with Gasteiger partial charge in [-0.1, -0.05) is 64.6 Å². The minimum atomic E-state index is -0.994. The molecule has 5 heterocycles. The molecule has 344 valence electrons. The van der Waals surface area contributed by atoms with Crippen molar-refractivity contribution in [2.45, 2.75) is 92.0 Å². The summed E-state index contributed by atoms with van der Waals surface area (Å²) in [5.41, 5.74) is 10.6. The van der Waals surface area contributed by atoms with Gasteiger partial charge >= 0.3 is 5.97 Å². The molecule has 0 aliphatic carbocycles. The number of aromatic nitrogens is 4. The lowest BCUT2D eigenvalue weighted by atomic mass is 9.84. The number of esters is 1. The predicted molar refractivity (Wildman–Crippen MR) is 250 cm³/mol. The van der Waals surface area contributed by atoms with E-state index >= 15 is 0 Å². The summed E-state index contributed by atoms with van der Waals surface area (Å²) in [6, 6.07) is 17.1. The van der Waals surface area contributed by atoms with Crippen LogP contribution in [0.25, 0.3) is 33.3 Å². The zero-order valence-corrected chi connectivity index (χ0v) is 38.8. The van der Waals surface area contributed by atoms with Crippen LogP contribution in [-0.4, -0.2) is 86.8 Å². The van der Waals surface area contributed by atoms with E-state index in [9.17, 15) is 19.2 Å². The quantitative estimate of drug-likeness (QED) is 0.0880. The fourth-order valence-corrected chi connectivity index (χ4v) is 8.82. The normalized spacial score (nSPS) is 18.7. The molecule has 1 saturated heterocycles. The number of hydrogen-bond acceptors (Lipinski definition) is 10. The second-order valence-electron chi connectivity index (χ2n) is 18.2. The van der Waals surface area contributed by atoms with Crippen LogP contribution in [0.4, 0.5) is 5.82 Å². The van der Waals surface area contributed by atoms with E-state index in [2.05, 4.69) is 89.4 Å². The molecule has 0 spiro atoms. The number of nitrogens with zero attached hydrogens (tertiary/aromatic N) is 5. The Hall–Kier alpha value is -6.32. The van der Waals surface area contributed by atoms with E-state index in [0.29, 0.717) is 38.2 Å². The van der Waals surface area contributed by atoms with Gasteiger partial charge in [-0.15, -0.1) is 0 Å². The maximum Gasteiger partial charge on any atom is 0.324 e. The van der Waals surface area contributed by atoms with Crippen molar-refractivity contribution in [3.63, 3.8) is 0 Å². The molecule has 1 unspecified atom stereocenters. The first-order chi connectivity index (χ1) is 31.1. The molecule has 3 N–H and O–H groups in total. The van der Waals surface area contributed by atoms with Crippen LogP contribution >= 0.6 is 0 Å². The summed E-state index contributed by atoms with van der Waals surface area (Å²) in [5, 5.41) is 8.30. The standard InChI is InChI=1S/C50H62N8O7/c1-10-43(59)54-42-27-52-49(56(42)8)64-28-38(30(3)4)46(60)53-40-24-32-15-12-16-33(23-32)34-19-20-41-36(25-34)37(45(57(41)11-2)35-17-13-21-51-44(35)31(5)63-9)26-50(6,7)29-65-48(62)39-18-14-22-58(55-39)47(40)61/h10,12-13,15-17,19-21,23,25,27,30-31,38-40,55H,1,11,14,18,22,24,26,28-29H2,2-9H3,(H,53,60)(H,54,59)/t31?,38-,39-,40-/m0/s1. The van der Waals surface area contributed by atoms with Gasteiger partial charge in [0, 0.05) is 61.7 Å². The van der Waals surface area contributed by atoms with Gasteiger partial charge in [-0.25, -0.2) is 10.4 Å². The number of pyridine rings is 1. The number of methoxy groups -OCH3 is 1. The van der Waals surface area contributed by atoms with Gasteiger partial charge in [0.2, 0.25) is 11.8 Å². The van der Waals surface area contributed by atoms with Crippen LogP contribution in [0.1, 0.15) is 77.3 Å².